The number of hydrogen-bond donors (Lipinski definition) is 0. The molecule has 2 rings (SSSR count). The molecule has 0 amide bonds. The Labute approximate surface area is 106 Å². The van der Waals surface area contributed by atoms with Crippen LogP contribution in [0.1, 0.15) is 18.4 Å². The Morgan fingerprint density at radius 1 is 1.29 bits per heavy atom. The summed E-state index contributed by atoms with van der Waals surface area (Å²) in [6.07, 6.45) is 1.67. The second kappa shape index (κ2) is 4.78. The van der Waals surface area contributed by atoms with Gasteiger partial charge in [0.15, 0.2) is 15.6 Å². The lowest BCUT2D eigenvalue weighted by molar-refractivity contribution is -0.117. The van der Waals surface area contributed by atoms with Gasteiger partial charge in [-0.2, -0.15) is 0 Å². The first-order valence-electron chi connectivity index (χ1n) is 5.44. The monoisotopic (exact) mass is 272 g/mol. The van der Waals surface area contributed by atoms with Gasteiger partial charge in [0.05, 0.1) is 5.75 Å². The highest BCUT2D eigenvalue weighted by Gasteiger charge is 2.32. The van der Waals surface area contributed by atoms with E-state index in [-0.39, 0.29) is 23.2 Å². The summed E-state index contributed by atoms with van der Waals surface area (Å²) < 4.78 is 23.6. The first-order valence-corrected chi connectivity index (χ1v) is 7.64. The molecule has 0 aliphatic heterocycles. The minimum atomic E-state index is -3.40. The van der Waals surface area contributed by atoms with Gasteiger partial charge in [-0.05, 0) is 24.5 Å². The fourth-order valence-electron chi connectivity index (χ4n) is 1.64. The molecular weight excluding hydrogens is 260 g/mol. The third-order valence-corrected chi connectivity index (χ3v) is 4.57. The molecule has 0 saturated heterocycles. The van der Waals surface area contributed by atoms with Crippen molar-refractivity contribution in [1.82, 2.24) is 0 Å². The quantitative estimate of drug-likeness (QED) is 0.826. The first-order chi connectivity index (χ1) is 7.98. The average Bonchev–Trinajstić information content (AvgIpc) is 3.03. The van der Waals surface area contributed by atoms with Gasteiger partial charge >= 0.3 is 0 Å². The lowest BCUT2D eigenvalue weighted by Crippen LogP contribution is -2.19. The van der Waals surface area contributed by atoms with Gasteiger partial charge in [-0.3, -0.25) is 4.79 Å². The molecule has 1 aromatic rings. The topological polar surface area (TPSA) is 51.2 Å². The molecule has 0 aromatic heterocycles. The van der Waals surface area contributed by atoms with Crippen molar-refractivity contribution in [1.29, 1.82) is 0 Å². The second-order valence-corrected chi connectivity index (χ2v) is 6.84. The molecule has 17 heavy (non-hydrogen) atoms. The third-order valence-electron chi connectivity index (χ3n) is 2.73. The van der Waals surface area contributed by atoms with E-state index in [1.54, 1.807) is 24.3 Å². The van der Waals surface area contributed by atoms with E-state index in [4.69, 9.17) is 11.6 Å². The van der Waals surface area contributed by atoms with E-state index in [9.17, 15) is 13.2 Å². The van der Waals surface area contributed by atoms with Gasteiger partial charge in [0.2, 0.25) is 0 Å². The van der Waals surface area contributed by atoms with Crippen LogP contribution in [0.3, 0.4) is 0 Å². The molecule has 1 aliphatic rings. The molecule has 0 radical (unpaired) electrons. The van der Waals surface area contributed by atoms with Crippen molar-refractivity contribution < 1.29 is 13.2 Å². The molecule has 0 atom stereocenters. The lowest BCUT2D eigenvalue weighted by Gasteiger charge is -2.05. The number of carbonyl (C=O) groups excluding carboxylic acids is 1. The van der Waals surface area contributed by atoms with Crippen LogP contribution in [0.15, 0.2) is 24.3 Å². The molecular formula is C12H13ClO3S. The second-order valence-electron chi connectivity index (χ2n) is 4.36. The van der Waals surface area contributed by atoms with Crippen molar-refractivity contribution in [2.75, 3.05) is 5.75 Å². The summed E-state index contributed by atoms with van der Waals surface area (Å²) in [5, 5.41) is 0.426. The van der Waals surface area contributed by atoms with E-state index in [2.05, 4.69) is 0 Å². The summed E-state index contributed by atoms with van der Waals surface area (Å²) in [7, 11) is -3.40. The minimum absolute atomic E-state index is 0.0176. The Bertz CT molecular complexity index is 532. The van der Waals surface area contributed by atoms with Crippen molar-refractivity contribution in [3.05, 3.63) is 34.9 Å². The zero-order valence-corrected chi connectivity index (χ0v) is 10.8. The number of rotatable bonds is 5. The summed E-state index contributed by atoms with van der Waals surface area (Å²) in [6.45, 7) is 0. The summed E-state index contributed by atoms with van der Waals surface area (Å²) in [5.41, 5.74) is 0.553. The highest BCUT2D eigenvalue weighted by Crippen LogP contribution is 2.30. The van der Waals surface area contributed by atoms with E-state index in [1.165, 1.54) is 0 Å². The van der Waals surface area contributed by atoms with Gasteiger partial charge in [-0.1, -0.05) is 29.8 Å². The molecule has 1 saturated carbocycles. The molecule has 92 valence electrons. The van der Waals surface area contributed by atoms with Gasteiger partial charge in [0, 0.05) is 10.9 Å². The Kier molecular flexibility index (Phi) is 3.54. The SMILES string of the molecule is O=C(CS(=O)(=O)Cc1ccccc1Cl)C1CC1. The van der Waals surface area contributed by atoms with Crippen LogP contribution in [0.25, 0.3) is 0 Å². The van der Waals surface area contributed by atoms with Crippen LogP contribution >= 0.6 is 11.6 Å². The number of halogens is 1. The smallest absolute Gasteiger partial charge is 0.161 e. The molecule has 0 heterocycles. The van der Waals surface area contributed by atoms with Crippen molar-refractivity contribution in [2.45, 2.75) is 18.6 Å². The van der Waals surface area contributed by atoms with E-state index < -0.39 is 9.84 Å². The fourth-order valence-corrected chi connectivity index (χ4v) is 3.42. The highest BCUT2D eigenvalue weighted by molar-refractivity contribution is 7.91. The van der Waals surface area contributed by atoms with Crippen LogP contribution in [0.2, 0.25) is 5.02 Å². The van der Waals surface area contributed by atoms with Crippen molar-refractivity contribution in [3.8, 4) is 0 Å². The first kappa shape index (κ1) is 12.6. The number of ketones is 1. The molecule has 0 unspecified atom stereocenters. The number of benzene rings is 1. The zero-order chi connectivity index (χ0) is 12.5. The normalized spacial score (nSPS) is 15.8. The standard InChI is InChI=1S/C12H13ClO3S/c13-11-4-2-1-3-10(11)7-17(15,16)8-12(14)9-5-6-9/h1-4,9H,5-8H2. The van der Waals surface area contributed by atoms with Crippen LogP contribution in [-0.4, -0.2) is 20.0 Å². The van der Waals surface area contributed by atoms with Gasteiger partial charge in [-0.15, -0.1) is 0 Å². The molecule has 1 aromatic carbocycles. The Hall–Kier alpha value is -0.870. The number of sulfone groups is 1. The van der Waals surface area contributed by atoms with Crippen LogP contribution in [0.5, 0.6) is 0 Å². The highest BCUT2D eigenvalue weighted by atomic mass is 35.5. The maximum Gasteiger partial charge on any atom is 0.161 e. The third kappa shape index (κ3) is 3.54. The van der Waals surface area contributed by atoms with E-state index in [1.807, 2.05) is 0 Å². The predicted molar refractivity (Wildman–Crippen MR) is 66.7 cm³/mol. The van der Waals surface area contributed by atoms with Crippen LogP contribution < -0.4 is 0 Å². The fraction of sp³-hybridized carbons (Fsp3) is 0.417. The van der Waals surface area contributed by atoms with Crippen LogP contribution in [0.4, 0.5) is 0 Å². The summed E-state index contributed by atoms with van der Waals surface area (Å²) in [4.78, 5) is 11.5. The van der Waals surface area contributed by atoms with Crippen molar-refractivity contribution in [2.24, 2.45) is 5.92 Å². The number of Topliss-reactive ketones (excluding diaryl/α,β-unsaturated/α-hetero) is 1. The molecule has 1 aliphatic carbocycles. The van der Waals surface area contributed by atoms with Crippen LogP contribution in [-0.2, 0) is 20.4 Å². The zero-order valence-electron chi connectivity index (χ0n) is 9.23. The number of hydrogen-bond acceptors (Lipinski definition) is 3. The summed E-state index contributed by atoms with van der Waals surface area (Å²) in [5.74, 6) is -0.693. The van der Waals surface area contributed by atoms with E-state index in [0.717, 1.165) is 12.8 Å². The summed E-state index contributed by atoms with van der Waals surface area (Å²) in [6, 6.07) is 6.80. The van der Waals surface area contributed by atoms with E-state index in [0.29, 0.717) is 10.6 Å². The molecule has 0 N–H and O–H groups in total. The van der Waals surface area contributed by atoms with Gasteiger partial charge in [-0.25, -0.2) is 8.42 Å². The van der Waals surface area contributed by atoms with Crippen molar-refractivity contribution in [3.63, 3.8) is 0 Å². The Morgan fingerprint density at radius 2 is 1.94 bits per heavy atom. The predicted octanol–water partition coefficient (Wildman–Crippen LogP) is 2.23. The molecule has 5 heteroatoms. The number of carbonyl (C=O) groups is 1. The average molecular weight is 273 g/mol. The van der Waals surface area contributed by atoms with Gasteiger partial charge < -0.3 is 0 Å². The van der Waals surface area contributed by atoms with Gasteiger partial charge in [0.1, 0.15) is 5.75 Å². The Balaban J connectivity index is 2.06. The molecule has 3 nitrogen and oxygen atoms in total. The Morgan fingerprint density at radius 3 is 2.53 bits per heavy atom. The minimum Gasteiger partial charge on any atom is -0.298 e. The largest absolute Gasteiger partial charge is 0.298 e. The van der Waals surface area contributed by atoms with Gasteiger partial charge in [0.25, 0.3) is 0 Å². The lowest BCUT2D eigenvalue weighted by atomic mass is 10.2. The van der Waals surface area contributed by atoms with E-state index >= 15 is 0 Å². The maximum absolute atomic E-state index is 11.8. The molecule has 0 spiro atoms. The van der Waals surface area contributed by atoms with Crippen molar-refractivity contribution >= 4 is 27.2 Å². The summed E-state index contributed by atoms with van der Waals surface area (Å²) >= 11 is 5.89. The maximum atomic E-state index is 11.8. The molecule has 0 bridgehead atoms. The van der Waals surface area contributed by atoms with Crippen LogP contribution in [0, 0.1) is 5.92 Å². The molecule has 1 fully saturated rings.